The monoisotopic (exact) mass is 326 g/mol. The predicted molar refractivity (Wildman–Crippen MR) is 85.1 cm³/mol. The summed E-state index contributed by atoms with van der Waals surface area (Å²) in [5.41, 5.74) is 6.69. The second kappa shape index (κ2) is 6.35. The molecular formula is C13H12Cl2N4S. The second-order valence-corrected chi connectivity index (χ2v) is 5.89. The minimum Gasteiger partial charge on any atom is -0.397 e. The molecule has 20 heavy (non-hydrogen) atoms. The number of pyridine rings is 1. The zero-order valence-corrected chi connectivity index (χ0v) is 12.9. The number of benzene rings is 1. The molecule has 0 aliphatic heterocycles. The van der Waals surface area contributed by atoms with Gasteiger partial charge in [-0.15, -0.1) is 0 Å². The number of hydrogen-bond donors (Lipinski definition) is 3. The summed E-state index contributed by atoms with van der Waals surface area (Å²) in [6.07, 6.45) is 0. The SMILES string of the molecule is CNC(=N)c1nc(Sc2cc(Cl)cc(Cl)c2)ccc1N. The molecule has 0 fully saturated rings. The maximum absolute atomic E-state index is 7.76. The third kappa shape index (κ3) is 3.56. The Labute approximate surface area is 131 Å². The highest BCUT2D eigenvalue weighted by molar-refractivity contribution is 7.99. The Hall–Kier alpha value is -1.43. The zero-order valence-electron chi connectivity index (χ0n) is 10.6. The lowest BCUT2D eigenvalue weighted by Gasteiger charge is -2.08. The molecule has 2 rings (SSSR count). The number of nitrogen functional groups attached to an aromatic ring is 1. The Bertz CT molecular complexity index is 641. The van der Waals surface area contributed by atoms with Gasteiger partial charge in [-0.1, -0.05) is 35.0 Å². The molecule has 1 aromatic heterocycles. The van der Waals surface area contributed by atoms with Crippen molar-refractivity contribution in [1.29, 1.82) is 5.41 Å². The molecule has 7 heteroatoms. The van der Waals surface area contributed by atoms with Gasteiger partial charge in [0.1, 0.15) is 16.6 Å². The third-order valence-electron chi connectivity index (χ3n) is 2.45. The maximum Gasteiger partial charge on any atom is 0.146 e. The Kier molecular flexibility index (Phi) is 4.75. The number of hydrogen-bond acceptors (Lipinski definition) is 4. The fraction of sp³-hybridized carbons (Fsp3) is 0.0769. The largest absolute Gasteiger partial charge is 0.397 e. The van der Waals surface area contributed by atoms with Crippen molar-refractivity contribution in [2.45, 2.75) is 9.92 Å². The number of nitrogens with one attached hydrogen (secondary N) is 2. The van der Waals surface area contributed by atoms with Crippen molar-refractivity contribution in [2.75, 3.05) is 12.8 Å². The number of nitrogens with zero attached hydrogens (tertiary/aromatic N) is 1. The summed E-state index contributed by atoms with van der Waals surface area (Å²) in [6, 6.07) is 8.80. The fourth-order valence-corrected chi connectivity index (χ4v) is 3.08. The van der Waals surface area contributed by atoms with Gasteiger partial charge in [-0.25, -0.2) is 4.98 Å². The Morgan fingerprint density at radius 1 is 1.25 bits per heavy atom. The molecule has 0 aliphatic carbocycles. The number of aromatic nitrogens is 1. The Balaban J connectivity index is 2.32. The van der Waals surface area contributed by atoms with E-state index in [9.17, 15) is 0 Å². The molecule has 0 saturated carbocycles. The van der Waals surface area contributed by atoms with Gasteiger partial charge in [-0.05, 0) is 30.3 Å². The molecule has 0 unspecified atom stereocenters. The molecular weight excluding hydrogens is 315 g/mol. The van der Waals surface area contributed by atoms with Crippen LogP contribution in [0.5, 0.6) is 0 Å². The molecule has 4 nitrogen and oxygen atoms in total. The maximum atomic E-state index is 7.76. The van der Waals surface area contributed by atoms with E-state index in [-0.39, 0.29) is 5.84 Å². The van der Waals surface area contributed by atoms with Crippen LogP contribution in [-0.4, -0.2) is 17.9 Å². The van der Waals surface area contributed by atoms with E-state index in [2.05, 4.69) is 10.3 Å². The van der Waals surface area contributed by atoms with Gasteiger partial charge in [0, 0.05) is 22.0 Å². The van der Waals surface area contributed by atoms with Crippen molar-refractivity contribution in [1.82, 2.24) is 10.3 Å². The highest BCUT2D eigenvalue weighted by atomic mass is 35.5. The average Bonchev–Trinajstić information content (AvgIpc) is 2.39. The van der Waals surface area contributed by atoms with E-state index in [1.54, 1.807) is 37.4 Å². The summed E-state index contributed by atoms with van der Waals surface area (Å²) in [4.78, 5) is 5.24. The molecule has 1 aromatic carbocycles. The van der Waals surface area contributed by atoms with E-state index in [1.165, 1.54) is 11.8 Å². The highest BCUT2D eigenvalue weighted by Crippen LogP contribution is 2.31. The fourth-order valence-electron chi connectivity index (χ4n) is 1.54. The Morgan fingerprint density at radius 2 is 1.90 bits per heavy atom. The topological polar surface area (TPSA) is 74.8 Å². The summed E-state index contributed by atoms with van der Waals surface area (Å²) < 4.78 is 0. The van der Waals surface area contributed by atoms with Crippen LogP contribution in [0.25, 0.3) is 0 Å². The number of rotatable bonds is 3. The normalized spacial score (nSPS) is 10.3. The number of halogens is 2. The lowest BCUT2D eigenvalue weighted by molar-refractivity contribution is 1.06. The lowest BCUT2D eigenvalue weighted by Crippen LogP contribution is -2.21. The van der Waals surface area contributed by atoms with Crippen LogP contribution in [0, 0.1) is 5.41 Å². The van der Waals surface area contributed by atoms with Crippen LogP contribution < -0.4 is 11.1 Å². The smallest absolute Gasteiger partial charge is 0.146 e. The minimum absolute atomic E-state index is 0.175. The average molecular weight is 327 g/mol. The van der Waals surface area contributed by atoms with Gasteiger partial charge < -0.3 is 11.1 Å². The molecule has 104 valence electrons. The van der Waals surface area contributed by atoms with Crippen LogP contribution in [0.3, 0.4) is 0 Å². The minimum atomic E-state index is 0.175. The predicted octanol–water partition coefficient (Wildman–Crippen LogP) is 3.67. The molecule has 0 bridgehead atoms. The van der Waals surface area contributed by atoms with Crippen molar-refractivity contribution in [3.63, 3.8) is 0 Å². The molecule has 2 aromatic rings. The first-order valence-corrected chi connectivity index (χ1v) is 7.24. The molecule has 0 spiro atoms. The highest BCUT2D eigenvalue weighted by Gasteiger charge is 2.09. The lowest BCUT2D eigenvalue weighted by atomic mass is 10.3. The van der Waals surface area contributed by atoms with Gasteiger partial charge in [0.25, 0.3) is 0 Å². The van der Waals surface area contributed by atoms with Crippen molar-refractivity contribution in [3.8, 4) is 0 Å². The van der Waals surface area contributed by atoms with Crippen LogP contribution in [0.2, 0.25) is 10.0 Å². The summed E-state index contributed by atoms with van der Waals surface area (Å²) in [5.74, 6) is 0.175. The van der Waals surface area contributed by atoms with Crippen LogP contribution in [0.15, 0.2) is 40.3 Å². The van der Waals surface area contributed by atoms with Gasteiger partial charge in [0.05, 0.1) is 5.69 Å². The first kappa shape index (κ1) is 15.0. The molecule has 0 atom stereocenters. The van der Waals surface area contributed by atoms with Crippen molar-refractivity contribution < 1.29 is 0 Å². The van der Waals surface area contributed by atoms with Crippen molar-refractivity contribution in [3.05, 3.63) is 46.1 Å². The first-order valence-electron chi connectivity index (χ1n) is 5.66. The van der Waals surface area contributed by atoms with E-state index in [0.717, 1.165) is 4.90 Å². The van der Waals surface area contributed by atoms with Crippen LogP contribution >= 0.6 is 35.0 Å². The van der Waals surface area contributed by atoms with Gasteiger partial charge in [0.2, 0.25) is 0 Å². The molecule has 0 radical (unpaired) electrons. The molecule has 0 saturated heterocycles. The van der Waals surface area contributed by atoms with E-state index < -0.39 is 0 Å². The molecule has 4 N–H and O–H groups in total. The Morgan fingerprint density at radius 3 is 2.50 bits per heavy atom. The van der Waals surface area contributed by atoms with Crippen LogP contribution in [0.1, 0.15) is 5.69 Å². The summed E-state index contributed by atoms with van der Waals surface area (Å²) >= 11 is 13.3. The zero-order chi connectivity index (χ0) is 14.7. The van der Waals surface area contributed by atoms with E-state index in [4.69, 9.17) is 34.3 Å². The van der Waals surface area contributed by atoms with E-state index in [1.807, 2.05) is 0 Å². The van der Waals surface area contributed by atoms with E-state index >= 15 is 0 Å². The standard InChI is InChI=1S/C13H12Cl2N4S/c1-18-13(17)12-10(16)2-3-11(19-12)20-9-5-7(14)4-8(15)6-9/h2-6H,16H2,1H3,(H2,17,18). The van der Waals surface area contributed by atoms with Crippen molar-refractivity contribution in [2.24, 2.45) is 0 Å². The molecule has 1 heterocycles. The van der Waals surface area contributed by atoms with Gasteiger partial charge >= 0.3 is 0 Å². The summed E-state index contributed by atoms with van der Waals surface area (Å²) in [6.45, 7) is 0. The summed E-state index contributed by atoms with van der Waals surface area (Å²) in [5, 5.41) is 12.3. The second-order valence-electron chi connectivity index (χ2n) is 3.92. The number of nitrogens with two attached hydrogens (primary N) is 1. The third-order valence-corrected chi connectivity index (χ3v) is 3.79. The first-order chi connectivity index (χ1) is 9.49. The molecule has 0 aliphatic rings. The van der Waals surface area contributed by atoms with E-state index in [0.29, 0.717) is 26.5 Å². The van der Waals surface area contributed by atoms with Gasteiger partial charge in [-0.3, -0.25) is 5.41 Å². The number of anilines is 1. The molecule has 0 amide bonds. The van der Waals surface area contributed by atoms with Crippen LogP contribution in [-0.2, 0) is 0 Å². The van der Waals surface area contributed by atoms with Gasteiger partial charge in [-0.2, -0.15) is 0 Å². The quantitative estimate of drug-likeness (QED) is 0.594. The summed E-state index contributed by atoms with van der Waals surface area (Å²) in [7, 11) is 1.65. The van der Waals surface area contributed by atoms with Crippen molar-refractivity contribution >= 4 is 46.5 Å². The van der Waals surface area contributed by atoms with Crippen LogP contribution in [0.4, 0.5) is 5.69 Å². The number of amidine groups is 1. The van der Waals surface area contributed by atoms with Gasteiger partial charge in [0.15, 0.2) is 0 Å².